The molecule has 0 spiro atoms. The van der Waals surface area contributed by atoms with Crippen LogP contribution in [0.4, 0.5) is 0 Å². The van der Waals surface area contributed by atoms with Crippen molar-refractivity contribution in [1.82, 2.24) is 4.90 Å². The minimum absolute atomic E-state index is 0.145. The largest absolute Gasteiger partial charge is 0.493 e. The second-order valence-electron chi connectivity index (χ2n) is 10.8. The summed E-state index contributed by atoms with van der Waals surface area (Å²) in [7, 11) is 0. The quantitative estimate of drug-likeness (QED) is 0.344. The van der Waals surface area contributed by atoms with Gasteiger partial charge in [0, 0.05) is 40.7 Å². The van der Waals surface area contributed by atoms with Gasteiger partial charge in [0.1, 0.15) is 11.3 Å². The number of benzene rings is 2. The van der Waals surface area contributed by atoms with Gasteiger partial charge in [0.25, 0.3) is 0 Å². The summed E-state index contributed by atoms with van der Waals surface area (Å²) in [6.07, 6.45) is 11.0. The third-order valence-electron chi connectivity index (χ3n) is 8.30. The van der Waals surface area contributed by atoms with Gasteiger partial charge in [-0.15, -0.1) is 0 Å². The zero-order valence-electron chi connectivity index (χ0n) is 22.4. The van der Waals surface area contributed by atoms with Crippen LogP contribution in [0.5, 0.6) is 5.75 Å². The van der Waals surface area contributed by atoms with E-state index in [4.69, 9.17) is 9.15 Å². The molecule has 1 aliphatic heterocycles. The molecule has 2 aliphatic rings. The number of piperidine rings is 1. The first-order valence-electron chi connectivity index (χ1n) is 13.6. The highest BCUT2D eigenvalue weighted by Gasteiger charge is 2.35. The average molecular weight is 486 g/mol. The predicted octanol–water partition coefficient (Wildman–Crippen LogP) is 8.01. The van der Waals surface area contributed by atoms with Crippen molar-refractivity contribution in [1.29, 1.82) is 0 Å². The Bertz CT molecular complexity index is 1310. The van der Waals surface area contributed by atoms with E-state index in [1.54, 1.807) is 0 Å². The van der Waals surface area contributed by atoms with Gasteiger partial charge < -0.3 is 14.1 Å². The van der Waals surface area contributed by atoms with Crippen LogP contribution in [-0.2, 0) is 4.79 Å². The number of furan rings is 1. The predicted molar refractivity (Wildman–Crippen MR) is 147 cm³/mol. The lowest BCUT2D eigenvalue weighted by molar-refractivity contribution is -0.132. The van der Waals surface area contributed by atoms with Crippen LogP contribution >= 0.6 is 0 Å². The lowest BCUT2D eigenvalue weighted by Crippen LogP contribution is -2.49. The van der Waals surface area contributed by atoms with E-state index in [-0.39, 0.29) is 5.91 Å². The Morgan fingerprint density at radius 3 is 2.64 bits per heavy atom. The number of nitrogens with zero attached hydrogens (tertiary/aromatic N) is 1. The van der Waals surface area contributed by atoms with Crippen molar-refractivity contribution >= 4 is 22.4 Å². The van der Waals surface area contributed by atoms with Crippen LogP contribution in [0.25, 0.3) is 27.7 Å². The molecule has 0 bridgehead atoms. The van der Waals surface area contributed by atoms with Crippen LogP contribution < -0.4 is 4.74 Å². The summed E-state index contributed by atoms with van der Waals surface area (Å²) in [4.78, 5) is 15.7. The molecule has 2 fully saturated rings. The summed E-state index contributed by atoms with van der Waals surface area (Å²) in [6.45, 7) is 11.8. The van der Waals surface area contributed by atoms with Crippen LogP contribution in [0.2, 0.25) is 0 Å². The maximum atomic E-state index is 13.6. The summed E-state index contributed by atoms with van der Waals surface area (Å²) in [5.41, 5.74) is 8.45. The van der Waals surface area contributed by atoms with Crippen molar-refractivity contribution < 1.29 is 13.9 Å². The molecule has 2 atom stereocenters. The van der Waals surface area contributed by atoms with Crippen molar-refractivity contribution in [3.63, 3.8) is 0 Å². The number of carbonyl (C=O) groups excluding carboxylic acids is 1. The zero-order chi connectivity index (χ0) is 25.4. The van der Waals surface area contributed by atoms with Crippen molar-refractivity contribution in [2.24, 2.45) is 5.92 Å². The Labute approximate surface area is 215 Å². The fourth-order valence-electron chi connectivity index (χ4n) is 6.51. The van der Waals surface area contributed by atoms with Gasteiger partial charge >= 0.3 is 0 Å². The molecule has 3 aromatic rings. The number of ether oxygens (including phenoxy) is 1. The SMILES string of the molecule is CCOc1c(/C(C)=C/C(=O)N2CCCC3CCCCC32)cc2c(-c3ccc(C)cc3C)coc2c1C. The van der Waals surface area contributed by atoms with Gasteiger partial charge in [0.2, 0.25) is 5.91 Å². The van der Waals surface area contributed by atoms with E-state index in [1.807, 2.05) is 26.2 Å². The number of allylic oxidation sites excluding steroid dienone is 1. The Morgan fingerprint density at radius 1 is 1.08 bits per heavy atom. The van der Waals surface area contributed by atoms with Crippen LogP contribution in [0.1, 0.15) is 74.6 Å². The van der Waals surface area contributed by atoms with Crippen LogP contribution in [0.15, 0.2) is 41.0 Å². The van der Waals surface area contributed by atoms with E-state index < -0.39 is 0 Å². The number of likely N-dealkylation sites (tertiary alicyclic amines) is 1. The van der Waals surface area contributed by atoms with Crippen molar-refractivity contribution in [2.75, 3.05) is 13.2 Å². The van der Waals surface area contributed by atoms with Crippen LogP contribution in [0.3, 0.4) is 0 Å². The van der Waals surface area contributed by atoms with Crippen LogP contribution in [-0.4, -0.2) is 30.0 Å². The lowest BCUT2D eigenvalue weighted by atomic mass is 9.78. The van der Waals surface area contributed by atoms with E-state index in [9.17, 15) is 4.79 Å². The lowest BCUT2D eigenvalue weighted by Gasteiger charge is -2.43. The van der Waals surface area contributed by atoms with E-state index in [2.05, 4.69) is 49.9 Å². The Balaban J connectivity index is 1.57. The fraction of sp³-hybridized carbons (Fsp3) is 0.469. The highest BCUT2D eigenvalue weighted by molar-refractivity contribution is 6.02. The molecule has 1 aliphatic carbocycles. The molecule has 2 unspecified atom stereocenters. The minimum atomic E-state index is 0.145. The third kappa shape index (κ3) is 4.47. The first-order valence-corrected chi connectivity index (χ1v) is 13.6. The Hall–Kier alpha value is -3.01. The molecule has 1 saturated heterocycles. The highest BCUT2D eigenvalue weighted by Crippen LogP contribution is 2.42. The van der Waals surface area contributed by atoms with Gasteiger partial charge in [-0.25, -0.2) is 0 Å². The number of hydrogen-bond donors (Lipinski definition) is 0. The van der Waals surface area contributed by atoms with Gasteiger partial charge in [-0.3, -0.25) is 4.79 Å². The zero-order valence-corrected chi connectivity index (χ0v) is 22.4. The molecule has 190 valence electrons. The summed E-state index contributed by atoms with van der Waals surface area (Å²) >= 11 is 0. The number of aryl methyl sites for hydroxylation is 3. The molecule has 1 amide bonds. The minimum Gasteiger partial charge on any atom is -0.493 e. The molecule has 0 radical (unpaired) electrons. The number of rotatable bonds is 5. The molecule has 36 heavy (non-hydrogen) atoms. The molecule has 5 rings (SSSR count). The second kappa shape index (κ2) is 10.2. The van der Waals surface area contributed by atoms with Gasteiger partial charge in [0.05, 0.1) is 12.9 Å². The first kappa shape index (κ1) is 24.7. The summed E-state index contributed by atoms with van der Waals surface area (Å²) < 4.78 is 12.2. The van der Waals surface area contributed by atoms with Gasteiger partial charge in [-0.2, -0.15) is 0 Å². The highest BCUT2D eigenvalue weighted by atomic mass is 16.5. The molecule has 1 aromatic heterocycles. The normalized spacial score (nSPS) is 20.5. The molecule has 4 heteroatoms. The number of carbonyl (C=O) groups is 1. The molecular formula is C32H39NO3. The Kier molecular flexibility index (Phi) is 6.96. The first-order chi connectivity index (χ1) is 17.4. The molecule has 4 nitrogen and oxygen atoms in total. The smallest absolute Gasteiger partial charge is 0.247 e. The number of hydrogen-bond acceptors (Lipinski definition) is 3. The van der Waals surface area contributed by atoms with E-state index >= 15 is 0 Å². The van der Waals surface area contributed by atoms with Crippen LogP contribution in [0, 0.1) is 26.7 Å². The number of fused-ring (bicyclic) bond motifs is 2. The third-order valence-corrected chi connectivity index (χ3v) is 8.30. The standard InChI is InChI=1S/C32H39NO3/c1-6-35-31-23(5)32-27(28(19-36-32)25-14-13-20(2)16-21(25)3)18-26(31)22(4)17-30(34)33-15-9-11-24-10-7-8-12-29(24)33/h13-14,16-19,24,29H,6-12,15H2,1-5H3/b22-17+. The van der Waals surface area contributed by atoms with Crippen molar-refractivity contribution in [3.05, 3.63) is 58.9 Å². The summed E-state index contributed by atoms with van der Waals surface area (Å²) in [5.74, 6) is 1.63. The molecule has 1 saturated carbocycles. The monoisotopic (exact) mass is 485 g/mol. The van der Waals surface area contributed by atoms with Crippen molar-refractivity contribution in [3.8, 4) is 16.9 Å². The second-order valence-corrected chi connectivity index (χ2v) is 10.8. The van der Waals surface area contributed by atoms with E-state index in [1.165, 1.54) is 42.4 Å². The van der Waals surface area contributed by atoms with Crippen molar-refractivity contribution in [2.45, 2.75) is 79.2 Å². The van der Waals surface area contributed by atoms with E-state index in [0.717, 1.165) is 58.4 Å². The Morgan fingerprint density at radius 2 is 1.86 bits per heavy atom. The molecule has 2 heterocycles. The molecule has 2 aromatic carbocycles. The summed E-state index contributed by atoms with van der Waals surface area (Å²) in [5, 5.41) is 1.06. The molecular weight excluding hydrogens is 446 g/mol. The van der Waals surface area contributed by atoms with Gasteiger partial charge in [-0.05, 0) is 89.0 Å². The topological polar surface area (TPSA) is 42.7 Å². The molecule has 0 N–H and O–H groups in total. The fourth-order valence-corrected chi connectivity index (χ4v) is 6.51. The maximum Gasteiger partial charge on any atom is 0.247 e. The summed E-state index contributed by atoms with van der Waals surface area (Å²) in [6, 6.07) is 9.08. The maximum absolute atomic E-state index is 13.6. The van der Waals surface area contributed by atoms with Gasteiger partial charge in [0.15, 0.2) is 0 Å². The van der Waals surface area contributed by atoms with E-state index in [0.29, 0.717) is 18.6 Å². The number of amides is 1. The average Bonchev–Trinajstić information content (AvgIpc) is 3.29. The van der Waals surface area contributed by atoms with Gasteiger partial charge in [-0.1, -0.05) is 36.6 Å².